The van der Waals surface area contributed by atoms with Crippen LogP contribution in [-0.2, 0) is 52.1 Å². The van der Waals surface area contributed by atoms with Crippen LogP contribution in [0, 0.1) is 46.3 Å². The number of aliphatic hydroxyl groups excluding tert-OH is 16. The van der Waals surface area contributed by atoms with Gasteiger partial charge in [0.25, 0.3) is 0 Å². The number of rotatable bonds is 18. The molecule has 10 aliphatic rings. The average Bonchev–Trinajstić information content (AvgIpc) is 2.08. The van der Waals surface area contributed by atoms with Crippen molar-refractivity contribution in [1.29, 1.82) is 0 Å². The second kappa shape index (κ2) is 26.1. The van der Waals surface area contributed by atoms with Gasteiger partial charge in [0, 0.05) is 12.3 Å². The maximum absolute atomic E-state index is 12.1. The minimum absolute atomic E-state index is 0.0857. The van der Waals surface area contributed by atoms with E-state index in [1.807, 2.05) is 6.92 Å². The Balaban J connectivity index is 0.772. The van der Waals surface area contributed by atoms with Crippen LogP contribution in [0.25, 0.3) is 0 Å². The predicted molar refractivity (Wildman–Crippen MR) is 278 cm³/mol. The highest BCUT2D eigenvalue weighted by Gasteiger charge is 2.68. The normalized spacial score (nSPS) is 54.4. The molecule has 4 aliphatic carbocycles. The van der Waals surface area contributed by atoms with Crippen LogP contribution in [-0.4, -0.2) is 292 Å². The van der Waals surface area contributed by atoms with E-state index < -0.39 is 192 Å². The Morgan fingerprint density at radius 1 is 0.583 bits per heavy atom. The third kappa shape index (κ3) is 12.0. The van der Waals surface area contributed by atoms with Gasteiger partial charge in [-0.25, -0.2) is 0 Å². The van der Waals surface area contributed by atoms with Crippen molar-refractivity contribution in [1.82, 2.24) is 0 Å². The fourth-order valence-corrected chi connectivity index (χ4v) is 16.2. The molecule has 0 spiro atoms. The fourth-order valence-electron chi connectivity index (χ4n) is 16.2. The molecule has 0 aromatic heterocycles. The molecule has 0 aromatic carbocycles. The van der Waals surface area contributed by atoms with Gasteiger partial charge in [-0.1, -0.05) is 39.3 Å². The fraction of sp³-hybridized carbons (Fsp3) is 0.964. The first kappa shape index (κ1) is 65.6. The van der Waals surface area contributed by atoms with E-state index in [1.165, 1.54) is 5.57 Å². The van der Waals surface area contributed by atoms with Gasteiger partial charge in [-0.05, 0) is 91.8 Å². The van der Waals surface area contributed by atoms with Crippen LogP contribution in [0.15, 0.2) is 11.6 Å². The van der Waals surface area contributed by atoms with Crippen molar-refractivity contribution >= 4 is 0 Å². The quantitative estimate of drug-likeness (QED) is 0.0569. The molecule has 28 heteroatoms. The van der Waals surface area contributed by atoms with Crippen LogP contribution in [0.5, 0.6) is 0 Å². The van der Waals surface area contributed by atoms with Crippen LogP contribution < -0.4 is 0 Å². The summed E-state index contributed by atoms with van der Waals surface area (Å²) in [5, 5.41) is 182. The van der Waals surface area contributed by atoms with Gasteiger partial charge in [0.2, 0.25) is 0 Å². The van der Waals surface area contributed by atoms with E-state index in [0.717, 1.165) is 32.1 Å². The van der Waals surface area contributed by atoms with Gasteiger partial charge in [0.15, 0.2) is 37.2 Å². The van der Waals surface area contributed by atoms with Gasteiger partial charge in [-0.2, -0.15) is 0 Å². The van der Waals surface area contributed by atoms with Crippen LogP contribution in [0.2, 0.25) is 0 Å². The summed E-state index contributed by atoms with van der Waals surface area (Å²) in [5.74, 6) is -0.410. The van der Waals surface area contributed by atoms with Gasteiger partial charge in [0.05, 0.1) is 51.8 Å². The maximum Gasteiger partial charge on any atom is 0.187 e. The molecule has 9 fully saturated rings. The van der Waals surface area contributed by atoms with Gasteiger partial charge in [-0.3, -0.25) is 0 Å². The molecule has 3 saturated carbocycles. The molecular formula is C56H92O28. The average molecular weight is 1210 g/mol. The Bertz CT molecular complexity index is 2200. The summed E-state index contributed by atoms with van der Waals surface area (Å²) in [6.07, 6.45) is -32.5. The van der Waals surface area contributed by atoms with E-state index in [0.29, 0.717) is 43.4 Å². The van der Waals surface area contributed by atoms with Crippen molar-refractivity contribution < 1.29 is 139 Å². The SMILES string of the molecule is C[C@H](CC[C@]1(O)O[C@H]2C[C@H]3[C@@H]4CC=C5C[C@@H](O[C@@H]6O[C@H](CO)[C@H](O[C@@H]7O[C@H](CO)[C@@H](O)[C@H](O[C@@H]8OC[C@@H](O)[C@H](O)[C@H]8O)[C@H]7O[C@@H]7O[C@H](CO)[C@@H](O)[C@H](O)[C@H]7O)[C@H](O)[C@H]6O)CC[C@]5(C)[C@H]4CC[C@]3(C)[C@H]2[C@@H]1C)CO[C@@H]1O[C@H](CO)[C@@H](O)[C@H](O)[C@H]1O. The molecule has 0 radical (unpaired) electrons. The van der Waals surface area contributed by atoms with Crippen LogP contribution >= 0.6 is 0 Å². The molecule has 6 heterocycles. The summed E-state index contributed by atoms with van der Waals surface area (Å²) < 4.78 is 65.8. The summed E-state index contributed by atoms with van der Waals surface area (Å²) >= 11 is 0. The zero-order chi connectivity index (χ0) is 60.6. The lowest BCUT2D eigenvalue weighted by Crippen LogP contribution is -2.68. The molecule has 10 rings (SSSR count). The van der Waals surface area contributed by atoms with Gasteiger partial charge in [-0.15, -0.1) is 0 Å². The summed E-state index contributed by atoms with van der Waals surface area (Å²) in [6, 6.07) is 0. The third-order valence-electron chi connectivity index (χ3n) is 21.3. The van der Waals surface area contributed by atoms with Crippen molar-refractivity contribution in [2.75, 3.05) is 39.6 Å². The third-order valence-corrected chi connectivity index (χ3v) is 21.3. The Morgan fingerprint density at radius 3 is 1.81 bits per heavy atom. The van der Waals surface area contributed by atoms with Crippen molar-refractivity contribution in [2.24, 2.45) is 46.3 Å². The van der Waals surface area contributed by atoms with E-state index in [1.54, 1.807) is 0 Å². The van der Waals surface area contributed by atoms with Gasteiger partial charge < -0.3 is 139 Å². The molecule has 0 bridgehead atoms. The van der Waals surface area contributed by atoms with Crippen LogP contribution in [0.4, 0.5) is 0 Å². The van der Waals surface area contributed by atoms with Crippen molar-refractivity contribution in [3.63, 3.8) is 0 Å². The lowest BCUT2D eigenvalue weighted by Gasteiger charge is -2.58. The molecule has 28 nitrogen and oxygen atoms in total. The number of aliphatic hydroxyl groups is 17. The maximum atomic E-state index is 12.1. The number of hydrogen-bond acceptors (Lipinski definition) is 28. The first-order valence-corrected chi connectivity index (χ1v) is 30.0. The van der Waals surface area contributed by atoms with E-state index in [2.05, 4.69) is 26.8 Å². The van der Waals surface area contributed by atoms with Gasteiger partial charge in [0.1, 0.15) is 116 Å². The predicted octanol–water partition coefficient (Wildman–Crippen LogP) is -5.57. The molecule has 6 saturated heterocycles. The Labute approximate surface area is 486 Å². The number of ether oxygens (including phenoxy) is 11. The van der Waals surface area contributed by atoms with Crippen LogP contribution in [0.3, 0.4) is 0 Å². The molecule has 484 valence electrons. The molecule has 35 atom stereocenters. The summed E-state index contributed by atoms with van der Waals surface area (Å²) in [7, 11) is 0. The zero-order valence-electron chi connectivity index (χ0n) is 47.8. The lowest BCUT2D eigenvalue weighted by atomic mass is 9.47. The second-order valence-corrected chi connectivity index (χ2v) is 26.2. The molecule has 84 heavy (non-hydrogen) atoms. The molecule has 0 amide bonds. The van der Waals surface area contributed by atoms with E-state index in [4.69, 9.17) is 52.1 Å². The molecule has 0 aromatic rings. The standard InChI is InChI=1S/C56H92O28/c1-21(19-74-49-43(70)39(66)36(63)30(15-57)77-49)7-12-56(73)22(2)34-29(84-56)14-27-25-6-5-23-13-24(8-10-54(23,3)26(25)9-11-55(27,34)4)76-51-45(72)41(68)46(33(18-60)80-51)81-53-48(83-52-44(71)40(67)37(64)31(16-58)78-52)47(38(65)32(17-59)79-53)82-50-42(69)35(62)28(61)20-75-50/h5,21-22,24-53,57-73H,6-20H2,1-4H3/t21-,22+,24+,25-,26+,27+,28-,29+,30-,31-,32-,33-,34+,35+,36-,37-,38-,39+,40+,41-,42-,43-,44-,45-,46+,47+,48-,49-,50+,51-,52+,53+,54+,55+,56+/m1/s1. The van der Waals surface area contributed by atoms with Crippen LogP contribution in [0.1, 0.15) is 85.5 Å². The Morgan fingerprint density at radius 2 is 1.14 bits per heavy atom. The minimum Gasteiger partial charge on any atom is -0.394 e. The molecular weight excluding hydrogens is 1120 g/mol. The molecule has 17 N–H and O–H groups in total. The monoisotopic (exact) mass is 1210 g/mol. The van der Waals surface area contributed by atoms with Gasteiger partial charge >= 0.3 is 0 Å². The summed E-state index contributed by atoms with van der Waals surface area (Å²) in [4.78, 5) is 0. The van der Waals surface area contributed by atoms with E-state index >= 15 is 0 Å². The zero-order valence-corrected chi connectivity index (χ0v) is 47.8. The largest absolute Gasteiger partial charge is 0.394 e. The highest BCUT2D eigenvalue weighted by molar-refractivity contribution is 5.26. The lowest BCUT2D eigenvalue weighted by molar-refractivity contribution is -0.403. The summed E-state index contributed by atoms with van der Waals surface area (Å²) in [5.41, 5.74) is 0.974. The van der Waals surface area contributed by atoms with E-state index in [-0.39, 0.29) is 41.3 Å². The topological polar surface area (TPSA) is 445 Å². The minimum atomic E-state index is -2.03. The van der Waals surface area contributed by atoms with Crippen molar-refractivity contribution in [2.45, 2.75) is 251 Å². The van der Waals surface area contributed by atoms with E-state index in [9.17, 15) is 86.8 Å². The second-order valence-electron chi connectivity index (χ2n) is 26.2. The summed E-state index contributed by atoms with van der Waals surface area (Å²) in [6.45, 7) is 5.17. The molecule has 6 aliphatic heterocycles. The number of hydrogen-bond donors (Lipinski definition) is 17. The highest BCUT2D eigenvalue weighted by atomic mass is 16.8. The van der Waals surface area contributed by atoms with Crippen molar-refractivity contribution in [3.05, 3.63) is 11.6 Å². The first-order valence-electron chi connectivity index (χ1n) is 30.0. The molecule has 0 unspecified atom stereocenters. The number of allylic oxidation sites excluding steroid dienone is 1. The smallest absolute Gasteiger partial charge is 0.187 e. The highest BCUT2D eigenvalue weighted by Crippen LogP contribution is 2.70. The first-order chi connectivity index (χ1) is 39.8. The Hall–Kier alpha value is -1.38. The van der Waals surface area contributed by atoms with Crippen molar-refractivity contribution in [3.8, 4) is 0 Å². The Kier molecular flexibility index (Phi) is 20.4. The number of fused-ring (bicyclic) bond motifs is 7.